The number of aryl methyl sites for hydroxylation is 1. The number of carbonyl (C=O) groups is 1. The van der Waals surface area contributed by atoms with Gasteiger partial charge in [-0.15, -0.1) is 0 Å². The van der Waals surface area contributed by atoms with Crippen LogP contribution in [-0.2, 0) is 11.2 Å². The molecule has 3 aliphatic rings. The van der Waals surface area contributed by atoms with Crippen molar-refractivity contribution < 1.29 is 9.18 Å². The number of imidazole rings is 1. The number of carbonyl (C=O) groups excluding carboxylic acids is 1. The topological polar surface area (TPSA) is 120 Å². The van der Waals surface area contributed by atoms with Gasteiger partial charge >= 0.3 is 0 Å². The molecule has 3 atom stereocenters. The van der Waals surface area contributed by atoms with E-state index in [4.69, 9.17) is 15.7 Å². The SMILES string of the molecule is Nc1ncccc1-c1nc2ccc(-n3cccn3)nc2n1-c1ccc2c(c1)CCC2NC1CCN(C(=O)[C@H]2C[C@@H]2F)CC1. The molecule has 8 rings (SSSR count). The number of nitrogens with one attached hydrogen (secondary N) is 1. The molecule has 43 heavy (non-hydrogen) atoms. The molecule has 2 aliphatic carbocycles. The van der Waals surface area contributed by atoms with E-state index in [1.807, 2.05) is 41.4 Å². The summed E-state index contributed by atoms with van der Waals surface area (Å²) >= 11 is 0. The van der Waals surface area contributed by atoms with Crippen LogP contribution >= 0.6 is 0 Å². The van der Waals surface area contributed by atoms with Crippen LogP contribution in [0.15, 0.2) is 67.1 Å². The summed E-state index contributed by atoms with van der Waals surface area (Å²) in [4.78, 5) is 28.5. The van der Waals surface area contributed by atoms with Crippen LogP contribution in [-0.4, -0.2) is 65.4 Å². The number of rotatable bonds is 6. The molecule has 1 unspecified atom stereocenters. The van der Waals surface area contributed by atoms with Crippen LogP contribution in [0.2, 0.25) is 0 Å². The van der Waals surface area contributed by atoms with Crippen molar-refractivity contribution in [2.24, 2.45) is 5.92 Å². The third-order valence-electron chi connectivity index (χ3n) is 9.04. The highest BCUT2D eigenvalue weighted by molar-refractivity contribution is 5.83. The minimum Gasteiger partial charge on any atom is -0.383 e. The lowest BCUT2D eigenvalue weighted by molar-refractivity contribution is -0.134. The summed E-state index contributed by atoms with van der Waals surface area (Å²) in [7, 11) is 0. The first-order valence-corrected chi connectivity index (χ1v) is 15.0. The summed E-state index contributed by atoms with van der Waals surface area (Å²) in [6, 6.07) is 16.7. The number of amides is 1. The number of anilines is 1. The molecule has 11 heteroatoms. The summed E-state index contributed by atoms with van der Waals surface area (Å²) in [5.74, 6) is 1.39. The van der Waals surface area contributed by atoms with Crippen LogP contribution in [0.25, 0.3) is 34.1 Å². The fraction of sp³-hybridized carbons (Fsp3) is 0.344. The predicted molar refractivity (Wildman–Crippen MR) is 160 cm³/mol. The van der Waals surface area contributed by atoms with Crippen molar-refractivity contribution in [3.05, 3.63) is 78.2 Å². The number of nitrogens with zero attached hydrogens (tertiary/aromatic N) is 7. The van der Waals surface area contributed by atoms with Gasteiger partial charge in [0.15, 0.2) is 17.3 Å². The number of fused-ring (bicyclic) bond motifs is 2. The van der Waals surface area contributed by atoms with Gasteiger partial charge in [0.05, 0.1) is 11.5 Å². The number of piperidine rings is 1. The van der Waals surface area contributed by atoms with Gasteiger partial charge in [-0.1, -0.05) is 6.07 Å². The van der Waals surface area contributed by atoms with E-state index in [9.17, 15) is 9.18 Å². The highest BCUT2D eigenvalue weighted by Gasteiger charge is 2.46. The molecule has 3 N–H and O–H groups in total. The van der Waals surface area contributed by atoms with Gasteiger partial charge in [0.25, 0.3) is 0 Å². The quantitative estimate of drug-likeness (QED) is 0.311. The third kappa shape index (κ3) is 4.64. The Morgan fingerprint density at radius 2 is 1.88 bits per heavy atom. The van der Waals surface area contributed by atoms with Crippen molar-refractivity contribution >= 4 is 22.9 Å². The fourth-order valence-electron chi connectivity index (χ4n) is 6.63. The van der Waals surface area contributed by atoms with Crippen LogP contribution in [0.1, 0.15) is 42.9 Å². The molecule has 5 heterocycles. The predicted octanol–water partition coefficient (Wildman–Crippen LogP) is 4.18. The number of alkyl halides is 1. The Hall–Kier alpha value is -4.64. The summed E-state index contributed by atoms with van der Waals surface area (Å²) in [5.41, 5.74) is 12.1. The van der Waals surface area contributed by atoms with E-state index in [1.54, 1.807) is 17.1 Å². The number of hydrogen-bond acceptors (Lipinski definition) is 7. The number of halogens is 1. The van der Waals surface area contributed by atoms with Crippen molar-refractivity contribution in [3.8, 4) is 22.9 Å². The second-order valence-electron chi connectivity index (χ2n) is 11.8. The smallest absolute Gasteiger partial charge is 0.228 e. The Kier molecular flexibility index (Phi) is 6.21. The zero-order chi connectivity index (χ0) is 29.1. The molecule has 1 aromatic carbocycles. The Bertz CT molecular complexity index is 1830. The molecule has 1 amide bonds. The van der Waals surface area contributed by atoms with Crippen molar-refractivity contribution in [3.63, 3.8) is 0 Å². The standard InChI is InChI=1S/C32H32FN9O/c33-25-18-24(25)32(43)40-15-10-20(11-16-40)37-26-7-4-19-17-21(5-6-22(19)26)42-30(23-3-1-12-35-29(23)34)38-27-8-9-28(39-31(27)42)41-14-2-13-36-41/h1-3,5-6,8-9,12-14,17,20,24-26,37H,4,7,10-11,15-16,18H2,(H2,34,35)/t24-,25-,26?/m0/s1. The normalized spacial score (nSPS) is 21.8. The summed E-state index contributed by atoms with van der Waals surface area (Å²) in [6.45, 7) is 1.39. The molecule has 0 bridgehead atoms. The Morgan fingerprint density at radius 3 is 2.65 bits per heavy atom. The molecule has 218 valence electrons. The maximum absolute atomic E-state index is 13.4. The number of hydrogen-bond donors (Lipinski definition) is 2. The second-order valence-corrected chi connectivity index (χ2v) is 11.8. The van der Waals surface area contributed by atoms with Crippen molar-refractivity contribution in [1.29, 1.82) is 0 Å². The fourth-order valence-corrected chi connectivity index (χ4v) is 6.63. The van der Waals surface area contributed by atoms with E-state index < -0.39 is 12.1 Å². The van der Waals surface area contributed by atoms with Gasteiger partial charge in [-0.3, -0.25) is 9.36 Å². The Labute approximate surface area is 247 Å². The second kappa shape index (κ2) is 10.3. The summed E-state index contributed by atoms with van der Waals surface area (Å²) in [5, 5.41) is 8.22. The van der Waals surface area contributed by atoms with E-state index in [1.165, 1.54) is 11.1 Å². The van der Waals surface area contributed by atoms with E-state index in [0.29, 0.717) is 48.7 Å². The van der Waals surface area contributed by atoms with Gasteiger partial charge < -0.3 is 16.0 Å². The number of benzene rings is 1. The molecular weight excluding hydrogens is 545 g/mol. The molecule has 2 fully saturated rings. The average Bonchev–Trinajstić information content (AvgIpc) is 3.41. The third-order valence-corrected chi connectivity index (χ3v) is 9.04. The number of pyridine rings is 2. The van der Waals surface area contributed by atoms with E-state index >= 15 is 0 Å². The summed E-state index contributed by atoms with van der Waals surface area (Å²) in [6.07, 6.45) is 8.48. The van der Waals surface area contributed by atoms with E-state index in [-0.39, 0.29) is 11.9 Å². The molecule has 0 spiro atoms. The lowest BCUT2D eigenvalue weighted by Gasteiger charge is -2.34. The van der Waals surface area contributed by atoms with Gasteiger partial charge in [0, 0.05) is 49.5 Å². The Balaban J connectivity index is 1.09. The lowest BCUT2D eigenvalue weighted by atomic mass is 10.0. The van der Waals surface area contributed by atoms with Crippen LogP contribution in [0.5, 0.6) is 0 Å². The minimum absolute atomic E-state index is 0.00430. The van der Waals surface area contributed by atoms with Crippen LogP contribution in [0.3, 0.4) is 0 Å². The van der Waals surface area contributed by atoms with Gasteiger partial charge in [-0.05, 0) is 85.7 Å². The average molecular weight is 578 g/mol. The maximum Gasteiger partial charge on any atom is 0.228 e. The first-order chi connectivity index (χ1) is 21.0. The molecule has 0 radical (unpaired) electrons. The van der Waals surface area contributed by atoms with Crippen LogP contribution in [0.4, 0.5) is 10.2 Å². The first-order valence-electron chi connectivity index (χ1n) is 15.0. The number of nitrogens with two attached hydrogens (primary N) is 1. The maximum atomic E-state index is 13.4. The van der Waals surface area contributed by atoms with Crippen molar-refractivity contribution in [2.75, 3.05) is 18.8 Å². The summed E-state index contributed by atoms with van der Waals surface area (Å²) < 4.78 is 17.2. The largest absolute Gasteiger partial charge is 0.383 e. The molecule has 1 saturated carbocycles. The zero-order valence-corrected chi connectivity index (χ0v) is 23.6. The highest BCUT2D eigenvalue weighted by atomic mass is 19.1. The van der Waals surface area contributed by atoms with E-state index in [2.05, 4.69) is 38.2 Å². The molecule has 1 saturated heterocycles. The van der Waals surface area contributed by atoms with Gasteiger partial charge in [0.1, 0.15) is 17.5 Å². The molecule has 5 aromatic rings. The minimum atomic E-state index is -0.935. The zero-order valence-electron chi connectivity index (χ0n) is 23.6. The van der Waals surface area contributed by atoms with Crippen LogP contribution in [0, 0.1) is 5.92 Å². The molecule has 4 aromatic heterocycles. The first kappa shape index (κ1) is 26.0. The molecular formula is C32H32FN9O. The Morgan fingerprint density at radius 1 is 1.02 bits per heavy atom. The van der Waals surface area contributed by atoms with Crippen molar-refractivity contribution in [2.45, 2.75) is 50.4 Å². The van der Waals surface area contributed by atoms with Crippen molar-refractivity contribution in [1.82, 2.24) is 39.5 Å². The van der Waals surface area contributed by atoms with Crippen LogP contribution < -0.4 is 11.1 Å². The van der Waals surface area contributed by atoms with Gasteiger partial charge in [-0.2, -0.15) is 5.10 Å². The number of nitrogen functional groups attached to an aromatic ring is 1. The number of aromatic nitrogens is 6. The van der Waals surface area contributed by atoms with Gasteiger partial charge in [0.2, 0.25) is 5.91 Å². The lowest BCUT2D eigenvalue weighted by Crippen LogP contribution is -2.46. The molecule has 10 nitrogen and oxygen atoms in total. The highest BCUT2D eigenvalue weighted by Crippen LogP contribution is 2.38. The number of likely N-dealkylation sites (tertiary alicyclic amines) is 1. The van der Waals surface area contributed by atoms with Gasteiger partial charge in [-0.25, -0.2) is 24.0 Å². The monoisotopic (exact) mass is 577 g/mol. The molecule has 1 aliphatic heterocycles. The van der Waals surface area contributed by atoms with E-state index in [0.717, 1.165) is 42.5 Å².